The average Bonchev–Trinajstić information content (AvgIpc) is 2.53. The Morgan fingerprint density at radius 1 is 1.21 bits per heavy atom. The average molecular weight is 341 g/mol. The van der Waals surface area contributed by atoms with Crippen molar-refractivity contribution < 1.29 is 23.2 Å². The van der Waals surface area contributed by atoms with Crippen LogP contribution in [-0.2, 0) is 23.9 Å². The first-order valence-corrected chi connectivity index (χ1v) is 8.49. The van der Waals surface area contributed by atoms with Crippen molar-refractivity contribution in [2.75, 3.05) is 0 Å². The van der Waals surface area contributed by atoms with Gasteiger partial charge in [0.2, 0.25) is 6.29 Å². The molecule has 0 fully saturated rings. The van der Waals surface area contributed by atoms with Gasteiger partial charge in [0.05, 0.1) is 10.9 Å². The van der Waals surface area contributed by atoms with Crippen LogP contribution in [0, 0.1) is 0 Å². The molecule has 6 heteroatoms. The van der Waals surface area contributed by atoms with Crippen LogP contribution in [0.3, 0.4) is 0 Å². The Morgan fingerprint density at radius 3 is 2.58 bits per heavy atom. The van der Waals surface area contributed by atoms with Crippen LogP contribution in [0.2, 0.25) is 0 Å². The number of pyridine rings is 1. The number of aryl methyl sites for hydroxylation is 1. The minimum Gasteiger partial charge on any atom is -0.772 e. The maximum Gasteiger partial charge on any atom is 0.253 e. The van der Waals surface area contributed by atoms with Crippen LogP contribution in [0.4, 0.5) is 0 Å². The van der Waals surface area contributed by atoms with E-state index in [0.717, 1.165) is 22.6 Å². The topological polar surface area (TPSA) is 81.3 Å². The van der Waals surface area contributed by atoms with Gasteiger partial charge in [0.1, 0.15) is 12.8 Å². The number of fused-ring (bicyclic) bond motifs is 1. The largest absolute Gasteiger partial charge is 0.772 e. The fourth-order valence-electron chi connectivity index (χ4n) is 2.89. The van der Waals surface area contributed by atoms with E-state index in [2.05, 4.69) is 0 Å². The molecule has 122 valence electrons. The van der Waals surface area contributed by atoms with Crippen LogP contribution in [0.5, 0.6) is 5.75 Å². The van der Waals surface area contributed by atoms with Crippen molar-refractivity contribution in [2.24, 2.45) is 7.05 Å². The number of phenols is 1. The van der Waals surface area contributed by atoms with Crippen molar-refractivity contribution in [3.8, 4) is 16.9 Å². The van der Waals surface area contributed by atoms with E-state index in [1.54, 1.807) is 29.9 Å². The summed E-state index contributed by atoms with van der Waals surface area (Å²) in [4.78, 5) is 11.4. The lowest BCUT2D eigenvalue weighted by Gasteiger charge is -2.11. The second-order valence-corrected chi connectivity index (χ2v) is 6.43. The van der Waals surface area contributed by atoms with Crippen molar-refractivity contribution >= 4 is 28.1 Å². The van der Waals surface area contributed by atoms with Crippen LogP contribution < -0.4 is 4.57 Å². The molecule has 0 aliphatic carbocycles. The summed E-state index contributed by atoms with van der Waals surface area (Å²) < 4.78 is 23.6. The third kappa shape index (κ3) is 3.06. The lowest BCUT2D eigenvalue weighted by Crippen LogP contribution is -2.33. The Morgan fingerprint density at radius 2 is 1.92 bits per heavy atom. The van der Waals surface area contributed by atoms with Gasteiger partial charge in [0.25, 0.3) is 5.69 Å². The molecule has 24 heavy (non-hydrogen) atoms. The van der Waals surface area contributed by atoms with Crippen molar-refractivity contribution in [2.45, 2.75) is 5.75 Å². The van der Waals surface area contributed by atoms with Gasteiger partial charge in [0, 0.05) is 11.1 Å². The molecule has 1 unspecified atom stereocenters. The lowest BCUT2D eigenvalue weighted by atomic mass is 9.97. The molecule has 3 rings (SSSR count). The van der Waals surface area contributed by atoms with Crippen molar-refractivity contribution in [1.29, 1.82) is 0 Å². The van der Waals surface area contributed by atoms with Gasteiger partial charge >= 0.3 is 0 Å². The van der Waals surface area contributed by atoms with Gasteiger partial charge in [-0.3, -0.25) is 9.00 Å². The Balaban J connectivity index is 2.29. The van der Waals surface area contributed by atoms with E-state index in [4.69, 9.17) is 0 Å². The lowest BCUT2D eigenvalue weighted by molar-refractivity contribution is -0.671. The summed E-state index contributed by atoms with van der Waals surface area (Å²) in [5.74, 6) is -0.170. The summed E-state index contributed by atoms with van der Waals surface area (Å²) in [6, 6.07) is 12.2. The van der Waals surface area contributed by atoms with Crippen molar-refractivity contribution in [1.82, 2.24) is 0 Å². The van der Waals surface area contributed by atoms with Crippen LogP contribution in [0.1, 0.15) is 16.1 Å². The highest BCUT2D eigenvalue weighted by atomic mass is 32.2. The fourth-order valence-corrected chi connectivity index (χ4v) is 3.33. The normalized spacial score (nSPS) is 12.2. The number of nitrogens with zero attached hydrogens (tertiary/aromatic N) is 1. The molecule has 3 aromatic rings. The third-order valence-corrected chi connectivity index (χ3v) is 4.45. The monoisotopic (exact) mass is 341 g/mol. The van der Waals surface area contributed by atoms with E-state index in [-0.39, 0.29) is 11.5 Å². The standard InChI is InChI=1S/C18H15NO4S/c1-19-9-17(15-4-2-3-5-16(15)18(19)10-20)13-6-12(11-24(22)23)7-14(21)8-13/h2-10H,11H2,1H3,(H-,21,22,23). The molecule has 2 aromatic carbocycles. The van der Waals surface area contributed by atoms with Crippen molar-refractivity contribution in [3.05, 3.63) is 59.9 Å². The summed E-state index contributed by atoms with van der Waals surface area (Å²) in [5, 5.41) is 11.6. The summed E-state index contributed by atoms with van der Waals surface area (Å²) in [6.45, 7) is 0. The maximum atomic E-state index is 11.4. The van der Waals surface area contributed by atoms with E-state index in [9.17, 15) is 18.7 Å². The molecule has 0 spiro atoms. The first-order valence-electron chi connectivity index (χ1n) is 7.25. The molecule has 0 bridgehead atoms. The SMILES string of the molecule is C[n+]1cc(-c2cc(O)cc(CS(=O)[O-])c2)c2ccccc2c1C=O. The predicted molar refractivity (Wildman–Crippen MR) is 90.2 cm³/mol. The minimum atomic E-state index is -2.24. The summed E-state index contributed by atoms with van der Waals surface area (Å²) in [6.07, 6.45) is 2.61. The van der Waals surface area contributed by atoms with Gasteiger partial charge in [-0.2, -0.15) is 4.57 Å². The number of rotatable bonds is 4. The van der Waals surface area contributed by atoms with Crippen LogP contribution >= 0.6 is 0 Å². The fraction of sp³-hybridized carbons (Fsp3) is 0.111. The molecular weight excluding hydrogens is 326 g/mol. The molecule has 0 saturated heterocycles. The zero-order chi connectivity index (χ0) is 17.3. The van der Waals surface area contributed by atoms with Crippen molar-refractivity contribution in [3.63, 3.8) is 0 Å². The van der Waals surface area contributed by atoms with Gasteiger partial charge in [-0.1, -0.05) is 29.3 Å². The molecule has 0 aliphatic heterocycles. The number of phenolic OH excluding ortho intramolecular Hbond substituents is 1. The molecule has 0 saturated carbocycles. The second-order valence-electron chi connectivity index (χ2n) is 5.54. The number of hydrogen-bond acceptors (Lipinski definition) is 4. The molecule has 1 aromatic heterocycles. The minimum absolute atomic E-state index is 0.000789. The van der Waals surface area contributed by atoms with E-state index in [1.807, 2.05) is 24.3 Å². The number of aromatic nitrogens is 1. The first-order chi connectivity index (χ1) is 11.5. The smallest absolute Gasteiger partial charge is 0.253 e. The quantitative estimate of drug-likeness (QED) is 0.448. The van der Waals surface area contributed by atoms with Crippen LogP contribution in [0.15, 0.2) is 48.7 Å². The molecular formula is C18H15NO4S. The molecule has 0 aliphatic rings. The Hall–Kier alpha value is -2.57. The summed E-state index contributed by atoms with van der Waals surface area (Å²) in [5.41, 5.74) is 2.56. The first kappa shape index (κ1) is 16.3. The zero-order valence-electron chi connectivity index (χ0n) is 12.9. The second kappa shape index (κ2) is 6.51. The highest BCUT2D eigenvalue weighted by Gasteiger charge is 2.17. The predicted octanol–water partition coefficient (Wildman–Crippen LogP) is 2.23. The summed E-state index contributed by atoms with van der Waals surface area (Å²) >= 11 is -2.24. The van der Waals surface area contributed by atoms with Crippen LogP contribution in [0.25, 0.3) is 21.9 Å². The number of carbonyl (C=O) groups excluding carboxylic acids is 1. The zero-order valence-corrected chi connectivity index (χ0v) is 13.7. The van der Waals surface area contributed by atoms with Gasteiger partial charge in [-0.05, 0) is 35.4 Å². The Labute approximate surface area is 141 Å². The summed E-state index contributed by atoms with van der Waals surface area (Å²) in [7, 11) is 1.77. The third-order valence-electron chi connectivity index (χ3n) is 3.88. The number of hydrogen-bond donors (Lipinski definition) is 1. The molecule has 0 radical (unpaired) electrons. The molecule has 1 N–H and O–H groups in total. The Bertz CT molecular complexity index is 969. The molecule has 5 nitrogen and oxygen atoms in total. The number of benzene rings is 2. The maximum absolute atomic E-state index is 11.4. The van der Waals surface area contributed by atoms with Crippen LogP contribution in [-0.4, -0.2) is 20.2 Å². The van der Waals surface area contributed by atoms with E-state index in [0.29, 0.717) is 16.8 Å². The molecule has 1 heterocycles. The number of aromatic hydroxyl groups is 1. The van der Waals surface area contributed by atoms with E-state index in [1.165, 1.54) is 6.07 Å². The molecule has 0 amide bonds. The number of carbonyl (C=O) groups is 1. The van der Waals surface area contributed by atoms with Gasteiger partial charge < -0.3 is 9.66 Å². The molecule has 1 atom stereocenters. The highest BCUT2D eigenvalue weighted by Crippen LogP contribution is 2.31. The van der Waals surface area contributed by atoms with Gasteiger partial charge in [-0.15, -0.1) is 0 Å². The number of aldehydes is 1. The van der Waals surface area contributed by atoms with E-state index < -0.39 is 11.1 Å². The highest BCUT2D eigenvalue weighted by molar-refractivity contribution is 7.78. The van der Waals surface area contributed by atoms with E-state index >= 15 is 0 Å². The van der Waals surface area contributed by atoms with Gasteiger partial charge in [0.15, 0.2) is 6.20 Å². The van der Waals surface area contributed by atoms with Gasteiger partial charge in [-0.25, -0.2) is 0 Å². The Kier molecular flexibility index (Phi) is 4.42.